The van der Waals surface area contributed by atoms with Crippen LogP contribution < -0.4 is 10.6 Å². The first kappa shape index (κ1) is 19.5. The summed E-state index contributed by atoms with van der Waals surface area (Å²) in [5.74, 6) is -1.22. The third-order valence-corrected chi connectivity index (χ3v) is 4.78. The van der Waals surface area contributed by atoms with E-state index in [2.05, 4.69) is 15.7 Å². The summed E-state index contributed by atoms with van der Waals surface area (Å²) in [5.41, 5.74) is 1.74. The van der Waals surface area contributed by atoms with Gasteiger partial charge in [0.15, 0.2) is 0 Å². The number of nitrogens with zero attached hydrogens (tertiary/aromatic N) is 2. The number of fused-ring (bicyclic) bond motifs is 1. The fourth-order valence-electron chi connectivity index (χ4n) is 3.06. The van der Waals surface area contributed by atoms with Crippen LogP contribution in [0.15, 0.2) is 78.6 Å². The Morgan fingerprint density at radius 2 is 1.87 bits per heavy atom. The van der Waals surface area contributed by atoms with Gasteiger partial charge in [0.1, 0.15) is 17.1 Å². The van der Waals surface area contributed by atoms with Gasteiger partial charge >= 0.3 is 5.97 Å². The van der Waals surface area contributed by atoms with Crippen LogP contribution in [0.3, 0.4) is 0 Å². The minimum atomic E-state index is -1.12. The van der Waals surface area contributed by atoms with E-state index in [1.165, 1.54) is 6.20 Å². The quantitative estimate of drug-likeness (QED) is 0.567. The van der Waals surface area contributed by atoms with Crippen molar-refractivity contribution >= 4 is 41.1 Å². The van der Waals surface area contributed by atoms with Crippen LogP contribution in [-0.4, -0.2) is 26.8 Å². The largest absolute Gasteiger partial charge is 0.477 e. The highest BCUT2D eigenvalue weighted by atomic mass is 35.5. The zero-order chi connectivity index (χ0) is 21.1. The van der Waals surface area contributed by atoms with Gasteiger partial charge in [0.25, 0.3) is 5.91 Å². The number of anilines is 2. The summed E-state index contributed by atoms with van der Waals surface area (Å²) >= 11 is 5.87. The number of carboxylic acids is 1. The van der Waals surface area contributed by atoms with Crippen molar-refractivity contribution in [2.45, 2.75) is 6.04 Å². The van der Waals surface area contributed by atoms with Crippen molar-refractivity contribution < 1.29 is 14.7 Å². The van der Waals surface area contributed by atoms with Gasteiger partial charge in [-0.05, 0) is 35.9 Å². The van der Waals surface area contributed by atoms with E-state index in [1.807, 2.05) is 42.5 Å². The zero-order valence-corrected chi connectivity index (χ0v) is 16.4. The second-order valence-corrected chi connectivity index (χ2v) is 7.02. The molecule has 0 aliphatic carbocycles. The molecule has 8 heteroatoms. The van der Waals surface area contributed by atoms with E-state index in [4.69, 9.17) is 11.6 Å². The van der Waals surface area contributed by atoms with Crippen LogP contribution in [0, 0.1) is 0 Å². The smallest absolute Gasteiger partial charge is 0.352 e. The van der Waals surface area contributed by atoms with Crippen molar-refractivity contribution in [3.8, 4) is 0 Å². The maximum Gasteiger partial charge on any atom is 0.352 e. The summed E-state index contributed by atoms with van der Waals surface area (Å²) in [6.45, 7) is 0. The Labute approximate surface area is 177 Å². The first-order valence-electron chi connectivity index (χ1n) is 9.11. The van der Waals surface area contributed by atoms with Crippen molar-refractivity contribution in [3.63, 3.8) is 0 Å². The number of aromatic nitrogens is 2. The molecule has 0 radical (unpaired) electrons. The van der Waals surface area contributed by atoms with Crippen molar-refractivity contribution in [1.82, 2.24) is 9.78 Å². The second-order valence-electron chi connectivity index (χ2n) is 6.58. The van der Waals surface area contributed by atoms with E-state index in [1.54, 1.807) is 35.0 Å². The molecular weight excluding hydrogens is 404 g/mol. The Kier molecular flexibility index (Phi) is 5.36. The molecule has 2 heterocycles. The number of carbonyl (C=O) groups is 2. The van der Waals surface area contributed by atoms with Crippen LogP contribution in [0.25, 0.3) is 6.08 Å². The first-order chi connectivity index (χ1) is 14.5. The second kappa shape index (κ2) is 8.26. The van der Waals surface area contributed by atoms with Crippen LogP contribution >= 0.6 is 11.6 Å². The summed E-state index contributed by atoms with van der Waals surface area (Å²) < 4.78 is 1.57. The number of hydrogen-bond donors (Lipinski definition) is 3. The van der Waals surface area contributed by atoms with Crippen LogP contribution in [0.1, 0.15) is 22.0 Å². The SMILES string of the molecule is O=C(O)C1=C[C@@H](/C=C/c2ccccc2)n2ncc(C(=O)Nc3ccc(Cl)cc3)c2N1. The third kappa shape index (κ3) is 4.11. The van der Waals surface area contributed by atoms with E-state index in [-0.39, 0.29) is 11.3 Å². The highest BCUT2D eigenvalue weighted by Crippen LogP contribution is 2.29. The molecule has 1 aliphatic rings. The topological polar surface area (TPSA) is 96.2 Å². The van der Waals surface area contributed by atoms with Gasteiger partial charge in [0, 0.05) is 10.7 Å². The third-order valence-electron chi connectivity index (χ3n) is 4.53. The number of carbonyl (C=O) groups excluding carboxylic acids is 1. The number of carboxylic acid groups (broad SMARTS) is 1. The van der Waals surface area contributed by atoms with Crippen LogP contribution in [0.4, 0.5) is 11.5 Å². The molecule has 0 bridgehead atoms. The van der Waals surface area contributed by atoms with Crippen molar-refractivity contribution in [3.05, 3.63) is 94.8 Å². The molecule has 3 aromatic rings. The molecule has 4 rings (SSSR count). The number of rotatable bonds is 5. The molecule has 0 unspecified atom stereocenters. The van der Waals surface area contributed by atoms with Gasteiger partial charge in [-0.2, -0.15) is 5.10 Å². The van der Waals surface area contributed by atoms with Crippen molar-refractivity contribution in [2.75, 3.05) is 10.6 Å². The number of halogens is 1. The summed E-state index contributed by atoms with van der Waals surface area (Å²) in [6, 6.07) is 15.8. The average molecular weight is 421 g/mol. The molecule has 3 N–H and O–H groups in total. The van der Waals surface area contributed by atoms with Crippen LogP contribution in [0.5, 0.6) is 0 Å². The monoisotopic (exact) mass is 420 g/mol. The molecule has 1 aliphatic heterocycles. The molecule has 30 heavy (non-hydrogen) atoms. The van der Waals surface area contributed by atoms with Crippen molar-refractivity contribution in [2.24, 2.45) is 0 Å². The maximum atomic E-state index is 12.8. The van der Waals surface area contributed by atoms with E-state index in [0.717, 1.165) is 5.56 Å². The predicted octanol–water partition coefficient (Wildman–Crippen LogP) is 4.44. The van der Waals surface area contributed by atoms with Gasteiger partial charge in [-0.15, -0.1) is 0 Å². The summed E-state index contributed by atoms with van der Waals surface area (Å²) in [6.07, 6.45) is 6.67. The van der Waals surface area contributed by atoms with E-state index >= 15 is 0 Å². The Hall–Kier alpha value is -3.84. The lowest BCUT2D eigenvalue weighted by Gasteiger charge is -2.22. The van der Waals surface area contributed by atoms with Gasteiger partial charge in [-0.3, -0.25) is 4.79 Å². The fourth-order valence-corrected chi connectivity index (χ4v) is 3.18. The summed E-state index contributed by atoms with van der Waals surface area (Å²) in [5, 5.41) is 19.9. The van der Waals surface area contributed by atoms with E-state index in [0.29, 0.717) is 16.5 Å². The lowest BCUT2D eigenvalue weighted by atomic mass is 10.1. The van der Waals surface area contributed by atoms with E-state index in [9.17, 15) is 14.7 Å². The Morgan fingerprint density at radius 3 is 2.57 bits per heavy atom. The number of hydrogen-bond acceptors (Lipinski definition) is 4. The Morgan fingerprint density at radius 1 is 1.13 bits per heavy atom. The van der Waals surface area contributed by atoms with Crippen LogP contribution in [0.2, 0.25) is 5.02 Å². The minimum Gasteiger partial charge on any atom is -0.477 e. The fraction of sp³-hybridized carbons (Fsp3) is 0.0455. The Bertz CT molecular complexity index is 1150. The van der Waals surface area contributed by atoms with E-state index < -0.39 is 17.9 Å². The molecule has 1 atom stereocenters. The molecule has 0 fully saturated rings. The van der Waals surface area contributed by atoms with Crippen LogP contribution in [-0.2, 0) is 4.79 Å². The lowest BCUT2D eigenvalue weighted by molar-refractivity contribution is -0.132. The summed E-state index contributed by atoms with van der Waals surface area (Å²) in [4.78, 5) is 24.4. The lowest BCUT2D eigenvalue weighted by Crippen LogP contribution is -2.24. The zero-order valence-electron chi connectivity index (χ0n) is 15.6. The summed E-state index contributed by atoms with van der Waals surface area (Å²) in [7, 11) is 0. The number of aliphatic carboxylic acids is 1. The molecule has 1 amide bonds. The molecule has 0 spiro atoms. The standard InChI is InChI=1S/C22H17ClN4O3/c23-15-7-9-16(10-8-15)25-21(28)18-13-24-27-17(11-6-14-4-2-1-3-5-14)12-19(22(29)30)26-20(18)27/h1-13,17,26H,(H,25,28)(H,29,30)/b11-6+/t17-/m1/s1. The van der Waals surface area contributed by atoms with Gasteiger partial charge in [0.05, 0.1) is 12.2 Å². The van der Waals surface area contributed by atoms with Gasteiger partial charge in [0.2, 0.25) is 0 Å². The van der Waals surface area contributed by atoms with Gasteiger partial charge in [-0.25, -0.2) is 9.48 Å². The predicted molar refractivity (Wildman–Crippen MR) is 115 cm³/mol. The molecule has 150 valence electrons. The molecule has 0 saturated carbocycles. The Balaban J connectivity index is 1.64. The number of amides is 1. The van der Waals surface area contributed by atoms with Gasteiger partial charge in [-0.1, -0.05) is 54.1 Å². The minimum absolute atomic E-state index is 0.0220. The molecule has 0 saturated heterocycles. The van der Waals surface area contributed by atoms with Crippen molar-refractivity contribution in [1.29, 1.82) is 0 Å². The number of nitrogens with one attached hydrogen (secondary N) is 2. The highest BCUT2D eigenvalue weighted by Gasteiger charge is 2.27. The highest BCUT2D eigenvalue weighted by molar-refractivity contribution is 6.30. The first-order valence-corrected chi connectivity index (χ1v) is 9.49. The maximum absolute atomic E-state index is 12.8. The molecule has 7 nitrogen and oxygen atoms in total. The molecular formula is C22H17ClN4O3. The molecule has 1 aromatic heterocycles. The van der Waals surface area contributed by atoms with Gasteiger partial charge < -0.3 is 15.7 Å². The number of allylic oxidation sites excluding steroid dienone is 2. The number of benzene rings is 2. The normalized spacial score (nSPS) is 15.2. The average Bonchev–Trinajstić information content (AvgIpc) is 3.18. The molecule has 2 aromatic carbocycles.